The first-order valence-electron chi connectivity index (χ1n) is 9.34. The molecule has 1 heterocycles. The summed E-state index contributed by atoms with van der Waals surface area (Å²) in [5.74, 6) is 1.39. The van der Waals surface area contributed by atoms with Crippen LogP contribution in [0.1, 0.15) is 22.4 Å². The zero-order chi connectivity index (χ0) is 20.6. The van der Waals surface area contributed by atoms with Crippen molar-refractivity contribution < 1.29 is 14.3 Å². The van der Waals surface area contributed by atoms with Crippen LogP contribution in [0.25, 0.3) is 6.08 Å². The van der Waals surface area contributed by atoms with Crippen LogP contribution in [0.5, 0.6) is 11.5 Å². The molecule has 0 saturated heterocycles. The lowest BCUT2D eigenvalue weighted by molar-refractivity contribution is -0.116. The third kappa shape index (κ3) is 5.72. The van der Waals surface area contributed by atoms with Gasteiger partial charge in [-0.05, 0) is 54.5 Å². The minimum absolute atomic E-state index is 0.167. The molecule has 0 radical (unpaired) electrons. The Labute approximate surface area is 170 Å². The fourth-order valence-corrected chi connectivity index (χ4v) is 2.86. The van der Waals surface area contributed by atoms with Crippen molar-refractivity contribution in [3.05, 3.63) is 83.2 Å². The summed E-state index contributed by atoms with van der Waals surface area (Å²) in [6.45, 7) is 2.83. The van der Waals surface area contributed by atoms with Gasteiger partial charge in [0, 0.05) is 24.9 Å². The molecule has 0 fully saturated rings. The SMILES string of the molecule is COc1ccc(/C=C/C(=O)NCc2ccnn2C)cc1COc1cccc(C)c1. The second kappa shape index (κ2) is 9.59. The number of carbonyl (C=O) groups is 1. The summed E-state index contributed by atoms with van der Waals surface area (Å²) in [7, 11) is 3.47. The summed E-state index contributed by atoms with van der Waals surface area (Å²) >= 11 is 0. The van der Waals surface area contributed by atoms with E-state index in [1.165, 1.54) is 6.08 Å². The summed E-state index contributed by atoms with van der Waals surface area (Å²) < 4.78 is 13.1. The molecule has 0 aliphatic carbocycles. The highest BCUT2D eigenvalue weighted by Gasteiger charge is 2.06. The molecule has 0 unspecified atom stereocenters. The average Bonchev–Trinajstić information content (AvgIpc) is 3.14. The fraction of sp³-hybridized carbons (Fsp3) is 0.217. The third-order valence-corrected chi connectivity index (χ3v) is 4.48. The second-order valence-electron chi connectivity index (χ2n) is 6.67. The van der Waals surface area contributed by atoms with Gasteiger partial charge in [-0.2, -0.15) is 5.10 Å². The summed E-state index contributed by atoms with van der Waals surface area (Å²) in [4.78, 5) is 12.1. The number of carbonyl (C=O) groups excluding carboxylic acids is 1. The van der Waals surface area contributed by atoms with Gasteiger partial charge in [-0.15, -0.1) is 0 Å². The van der Waals surface area contributed by atoms with Gasteiger partial charge in [0.2, 0.25) is 5.91 Å². The second-order valence-corrected chi connectivity index (χ2v) is 6.67. The number of nitrogens with one attached hydrogen (secondary N) is 1. The van der Waals surface area contributed by atoms with Gasteiger partial charge in [0.1, 0.15) is 18.1 Å². The van der Waals surface area contributed by atoms with E-state index in [0.717, 1.165) is 33.9 Å². The van der Waals surface area contributed by atoms with E-state index in [1.807, 2.05) is 62.5 Å². The highest BCUT2D eigenvalue weighted by Crippen LogP contribution is 2.23. The molecule has 3 rings (SSSR count). The van der Waals surface area contributed by atoms with Crippen molar-refractivity contribution in [1.29, 1.82) is 0 Å². The predicted octanol–water partition coefficient (Wildman–Crippen LogP) is 3.65. The Morgan fingerprint density at radius 3 is 2.79 bits per heavy atom. The van der Waals surface area contributed by atoms with Crippen LogP contribution in [-0.4, -0.2) is 22.8 Å². The van der Waals surface area contributed by atoms with E-state index in [1.54, 1.807) is 24.1 Å². The first kappa shape index (κ1) is 20.2. The number of aryl methyl sites for hydroxylation is 2. The minimum Gasteiger partial charge on any atom is -0.496 e. The first-order chi connectivity index (χ1) is 14.0. The van der Waals surface area contributed by atoms with Crippen LogP contribution in [0, 0.1) is 6.92 Å². The molecule has 3 aromatic rings. The molecule has 0 aliphatic heterocycles. The van der Waals surface area contributed by atoms with Gasteiger partial charge in [-0.25, -0.2) is 0 Å². The van der Waals surface area contributed by atoms with E-state index in [4.69, 9.17) is 9.47 Å². The molecule has 0 bridgehead atoms. The zero-order valence-corrected chi connectivity index (χ0v) is 16.9. The summed E-state index contributed by atoms with van der Waals surface area (Å²) in [6.07, 6.45) is 4.99. The number of amides is 1. The Hall–Kier alpha value is -3.54. The van der Waals surface area contributed by atoms with Gasteiger partial charge in [0.05, 0.1) is 19.3 Å². The normalized spacial score (nSPS) is 10.9. The largest absolute Gasteiger partial charge is 0.496 e. The van der Waals surface area contributed by atoms with Crippen molar-refractivity contribution >= 4 is 12.0 Å². The van der Waals surface area contributed by atoms with E-state index in [9.17, 15) is 4.79 Å². The van der Waals surface area contributed by atoms with Gasteiger partial charge in [-0.3, -0.25) is 9.48 Å². The van der Waals surface area contributed by atoms with Crippen molar-refractivity contribution in [2.24, 2.45) is 7.05 Å². The number of methoxy groups -OCH3 is 1. The molecule has 2 aromatic carbocycles. The molecule has 1 aromatic heterocycles. The van der Waals surface area contributed by atoms with Gasteiger partial charge < -0.3 is 14.8 Å². The Bertz CT molecular complexity index is 1010. The van der Waals surface area contributed by atoms with Crippen LogP contribution in [0.2, 0.25) is 0 Å². The number of hydrogen-bond acceptors (Lipinski definition) is 4. The standard InChI is InChI=1S/C23H25N3O3/c1-17-5-4-6-21(13-17)29-16-19-14-18(7-9-22(19)28-3)8-10-23(27)24-15-20-11-12-25-26(20)2/h4-14H,15-16H2,1-3H3,(H,24,27)/b10-8+. The predicted molar refractivity (Wildman–Crippen MR) is 113 cm³/mol. The summed E-state index contributed by atoms with van der Waals surface area (Å²) in [5, 5.41) is 6.93. The topological polar surface area (TPSA) is 65.4 Å². The van der Waals surface area contributed by atoms with Crippen molar-refractivity contribution in [3.63, 3.8) is 0 Å². The lowest BCUT2D eigenvalue weighted by Gasteiger charge is -2.11. The number of hydrogen-bond donors (Lipinski definition) is 1. The molecule has 6 heteroatoms. The van der Waals surface area contributed by atoms with E-state index in [0.29, 0.717) is 13.2 Å². The molecule has 6 nitrogen and oxygen atoms in total. The Morgan fingerprint density at radius 1 is 1.21 bits per heavy atom. The maximum atomic E-state index is 12.1. The third-order valence-electron chi connectivity index (χ3n) is 4.48. The van der Waals surface area contributed by atoms with E-state index in [-0.39, 0.29) is 5.91 Å². The quantitative estimate of drug-likeness (QED) is 0.596. The number of nitrogens with zero attached hydrogens (tertiary/aromatic N) is 2. The maximum Gasteiger partial charge on any atom is 0.244 e. The minimum atomic E-state index is -0.167. The van der Waals surface area contributed by atoms with Crippen LogP contribution in [-0.2, 0) is 25.0 Å². The van der Waals surface area contributed by atoms with Crippen molar-refractivity contribution in [2.75, 3.05) is 7.11 Å². The van der Waals surface area contributed by atoms with E-state index < -0.39 is 0 Å². The molecule has 0 aliphatic rings. The lowest BCUT2D eigenvalue weighted by Crippen LogP contribution is -2.21. The van der Waals surface area contributed by atoms with Gasteiger partial charge >= 0.3 is 0 Å². The number of rotatable bonds is 8. The highest BCUT2D eigenvalue weighted by molar-refractivity contribution is 5.91. The molecule has 0 saturated carbocycles. The lowest BCUT2D eigenvalue weighted by atomic mass is 10.1. The van der Waals surface area contributed by atoms with Gasteiger partial charge in [-0.1, -0.05) is 18.2 Å². The molecule has 150 valence electrons. The van der Waals surface area contributed by atoms with Crippen molar-refractivity contribution in [2.45, 2.75) is 20.1 Å². The zero-order valence-electron chi connectivity index (χ0n) is 16.9. The molecular weight excluding hydrogens is 366 g/mol. The Balaban J connectivity index is 1.63. The van der Waals surface area contributed by atoms with Gasteiger partial charge in [0.15, 0.2) is 0 Å². The van der Waals surface area contributed by atoms with Gasteiger partial charge in [0.25, 0.3) is 0 Å². The molecule has 29 heavy (non-hydrogen) atoms. The van der Waals surface area contributed by atoms with Crippen LogP contribution in [0.3, 0.4) is 0 Å². The first-order valence-corrected chi connectivity index (χ1v) is 9.34. The van der Waals surface area contributed by atoms with Crippen LogP contribution >= 0.6 is 0 Å². The van der Waals surface area contributed by atoms with Crippen molar-refractivity contribution in [1.82, 2.24) is 15.1 Å². The van der Waals surface area contributed by atoms with E-state index in [2.05, 4.69) is 10.4 Å². The molecule has 0 atom stereocenters. The van der Waals surface area contributed by atoms with Crippen molar-refractivity contribution in [3.8, 4) is 11.5 Å². The van der Waals surface area contributed by atoms with Crippen LogP contribution < -0.4 is 14.8 Å². The van der Waals surface area contributed by atoms with Crippen LogP contribution in [0.15, 0.2) is 60.8 Å². The molecule has 0 spiro atoms. The fourth-order valence-electron chi connectivity index (χ4n) is 2.86. The highest BCUT2D eigenvalue weighted by atomic mass is 16.5. The van der Waals surface area contributed by atoms with E-state index >= 15 is 0 Å². The molecular formula is C23H25N3O3. The Morgan fingerprint density at radius 2 is 2.07 bits per heavy atom. The van der Waals surface area contributed by atoms with Crippen LogP contribution in [0.4, 0.5) is 0 Å². The molecule has 1 amide bonds. The summed E-state index contributed by atoms with van der Waals surface area (Å²) in [6, 6.07) is 15.5. The average molecular weight is 391 g/mol. The summed E-state index contributed by atoms with van der Waals surface area (Å²) in [5.41, 5.74) is 3.88. The number of benzene rings is 2. The number of ether oxygens (including phenoxy) is 2. The Kier molecular flexibility index (Phi) is 6.68. The maximum absolute atomic E-state index is 12.1. The molecule has 1 N–H and O–H groups in total. The number of aromatic nitrogens is 2. The smallest absolute Gasteiger partial charge is 0.244 e. The monoisotopic (exact) mass is 391 g/mol.